The summed E-state index contributed by atoms with van der Waals surface area (Å²) in [6.07, 6.45) is 1.20. The van der Waals surface area contributed by atoms with E-state index in [0.29, 0.717) is 37.4 Å². The van der Waals surface area contributed by atoms with E-state index in [1.54, 1.807) is 30.2 Å². The number of piperidine rings is 1. The zero-order chi connectivity index (χ0) is 22.5. The average molecular weight is 467 g/mol. The molecule has 0 aromatic carbocycles. The van der Waals surface area contributed by atoms with E-state index in [0.717, 1.165) is 27.8 Å². The Morgan fingerprint density at radius 1 is 1.16 bits per heavy atom. The van der Waals surface area contributed by atoms with Gasteiger partial charge in [-0.1, -0.05) is 11.3 Å². The maximum Gasteiger partial charge on any atom is 0.309 e. The van der Waals surface area contributed by atoms with Crippen molar-refractivity contribution in [2.75, 3.05) is 51.3 Å². The lowest BCUT2D eigenvalue weighted by Gasteiger charge is -2.32. The zero-order valence-corrected chi connectivity index (χ0v) is 20.2. The van der Waals surface area contributed by atoms with E-state index < -0.39 is 0 Å². The Balaban J connectivity index is 1.56. The Hall–Kier alpha value is -2.20. The molecule has 2 aromatic heterocycles. The summed E-state index contributed by atoms with van der Waals surface area (Å²) in [5.41, 5.74) is 0. The van der Waals surface area contributed by atoms with Gasteiger partial charge in [-0.3, -0.25) is 14.4 Å². The molecule has 0 N–H and O–H groups in total. The van der Waals surface area contributed by atoms with Crippen LogP contribution in [0.1, 0.15) is 43.3 Å². The minimum atomic E-state index is -0.183. The first-order valence-corrected chi connectivity index (χ1v) is 12.4. The van der Waals surface area contributed by atoms with E-state index in [-0.39, 0.29) is 30.2 Å². The molecule has 31 heavy (non-hydrogen) atoms. The third-order valence-corrected chi connectivity index (χ3v) is 7.72. The minimum absolute atomic E-state index is 0.0204. The molecule has 3 rings (SSSR count). The number of hydrogen-bond acceptors (Lipinski definition) is 8. The van der Waals surface area contributed by atoms with Crippen LogP contribution in [-0.2, 0) is 14.3 Å². The van der Waals surface area contributed by atoms with Gasteiger partial charge in [-0.25, -0.2) is 4.98 Å². The number of nitrogens with zero attached hydrogens (tertiary/aromatic N) is 4. The number of hydrogen-bond donors (Lipinski definition) is 0. The third-order valence-electron chi connectivity index (χ3n) is 5.51. The molecule has 0 unspecified atom stereocenters. The molecule has 1 saturated heterocycles. The Kier molecular flexibility index (Phi) is 7.88. The highest BCUT2D eigenvalue weighted by Crippen LogP contribution is 2.35. The van der Waals surface area contributed by atoms with Crippen molar-refractivity contribution in [3.05, 3.63) is 10.9 Å². The number of likely N-dealkylation sites (tertiary alicyclic amines) is 1. The van der Waals surface area contributed by atoms with Crippen molar-refractivity contribution in [3.8, 4) is 0 Å². The number of anilines is 1. The van der Waals surface area contributed by atoms with E-state index >= 15 is 0 Å². The van der Waals surface area contributed by atoms with Crippen LogP contribution < -0.4 is 4.90 Å². The number of ether oxygens (including phenoxy) is 1. The van der Waals surface area contributed by atoms with Gasteiger partial charge >= 0.3 is 5.97 Å². The number of esters is 1. The quantitative estimate of drug-likeness (QED) is 0.556. The fraction of sp³-hybridized carbons (Fsp3) is 0.619. The molecule has 0 atom stereocenters. The highest BCUT2D eigenvalue weighted by molar-refractivity contribution is 7.29. The second-order valence-corrected chi connectivity index (χ2v) is 9.56. The van der Waals surface area contributed by atoms with Gasteiger partial charge in [0.25, 0.3) is 5.91 Å². The highest BCUT2D eigenvalue weighted by Gasteiger charge is 2.29. The second kappa shape index (κ2) is 10.4. The molecular weight excluding hydrogens is 436 g/mol. The Morgan fingerprint density at radius 3 is 2.42 bits per heavy atom. The van der Waals surface area contributed by atoms with Crippen LogP contribution in [0.2, 0.25) is 0 Å². The topological polar surface area (TPSA) is 83.0 Å². The number of thiophene rings is 1. The Morgan fingerprint density at radius 2 is 1.84 bits per heavy atom. The van der Waals surface area contributed by atoms with Gasteiger partial charge in [0.05, 0.1) is 28.6 Å². The maximum atomic E-state index is 12.8. The van der Waals surface area contributed by atoms with Gasteiger partial charge in [-0.2, -0.15) is 0 Å². The molecular formula is C21H30N4O4S2. The van der Waals surface area contributed by atoms with Gasteiger partial charge in [0, 0.05) is 33.2 Å². The number of amides is 2. The zero-order valence-electron chi connectivity index (χ0n) is 18.5. The van der Waals surface area contributed by atoms with Crippen molar-refractivity contribution in [2.45, 2.75) is 33.6 Å². The molecule has 10 heteroatoms. The summed E-state index contributed by atoms with van der Waals surface area (Å²) in [7, 11) is 1.65. The van der Waals surface area contributed by atoms with Crippen LogP contribution in [0.4, 0.5) is 5.13 Å². The molecule has 0 aliphatic carbocycles. The molecule has 8 nitrogen and oxygen atoms in total. The van der Waals surface area contributed by atoms with Gasteiger partial charge in [0.1, 0.15) is 4.83 Å². The summed E-state index contributed by atoms with van der Waals surface area (Å²) >= 11 is 2.96. The molecule has 1 aliphatic rings. The largest absolute Gasteiger partial charge is 0.466 e. The first-order chi connectivity index (χ1) is 14.9. The summed E-state index contributed by atoms with van der Waals surface area (Å²) in [6, 6.07) is 1.87. The molecule has 0 radical (unpaired) electrons. The first-order valence-electron chi connectivity index (χ1n) is 10.7. The van der Waals surface area contributed by atoms with Crippen LogP contribution in [0, 0.1) is 5.92 Å². The fourth-order valence-electron chi connectivity index (χ4n) is 3.65. The van der Waals surface area contributed by atoms with Crippen molar-refractivity contribution in [1.29, 1.82) is 0 Å². The van der Waals surface area contributed by atoms with Gasteiger partial charge in [0.15, 0.2) is 5.13 Å². The average Bonchev–Trinajstić information content (AvgIpc) is 3.33. The van der Waals surface area contributed by atoms with Crippen molar-refractivity contribution >= 4 is 55.1 Å². The van der Waals surface area contributed by atoms with E-state index in [4.69, 9.17) is 4.74 Å². The lowest BCUT2D eigenvalue weighted by atomic mass is 9.97. The van der Waals surface area contributed by atoms with Gasteiger partial charge in [-0.15, -0.1) is 11.3 Å². The monoisotopic (exact) mass is 466 g/mol. The van der Waals surface area contributed by atoms with E-state index in [1.165, 1.54) is 16.2 Å². The number of likely N-dealkylation sites (N-methyl/N-ethyl adjacent to an activating group) is 1. The minimum Gasteiger partial charge on any atom is -0.466 e. The highest BCUT2D eigenvalue weighted by atomic mass is 32.1. The molecule has 2 amide bonds. The lowest BCUT2D eigenvalue weighted by molar-refractivity contribution is -0.151. The SMILES string of the molecule is CCOC(=O)C1CCN(C(=O)CN(C)C(=O)c2cc3sc(N(CC)CC)nc3s2)CC1. The van der Waals surface area contributed by atoms with Crippen LogP contribution in [0.15, 0.2) is 6.07 Å². The predicted molar refractivity (Wildman–Crippen MR) is 124 cm³/mol. The summed E-state index contributed by atoms with van der Waals surface area (Å²) in [5.74, 6) is -0.596. The summed E-state index contributed by atoms with van der Waals surface area (Å²) in [6.45, 7) is 9.19. The maximum absolute atomic E-state index is 12.8. The van der Waals surface area contributed by atoms with Gasteiger partial charge in [-0.05, 0) is 39.7 Å². The smallest absolute Gasteiger partial charge is 0.309 e. The molecule has 1 aliphatic heterocycles. The summed E-state index contributed by atoms with van der Waals surface area (Å²) in [4.78, 5) is 48.9. The summed E-state index contributed by atoms with van der Waals surface area (Å²) in [5, 5.41) is 0.972. The molecule has 170 valence electrons. The van der Waals surface area contributed by atoms with E-state index in [9.17, 15) is 14.4 Å². The van der Waals surface area contributed by atoms with Crippen molar-refractivity contribution in [3.63, 3.8) is 0 Å². The molecule has 0 saturated carbocycles. The van der Waals surface area contributed by atoms with Crippen molar-refractivity contribution in [2.24, 2.45) is 5.92 Å². The van der Waals surface area contributed by atoms with E-state index in [1.807, 2.05) is 6.07 Å². The second-order valence-electron chi connectivity index (χ2n) is 7.52. The number of aromatic nitrogens is 1. The van der Waals surface area contributed by atoms with Gasteiger partial charge in [0.2, 0.25) is 5.91 Å². The standard InChI is InChI=1S/C21H30N4O4S2/c1-5-24(6-2)21-22-18-15(31-21)12-16(30-18)19(27)23(4)13-17(26)25-10-8-14(9-11-25)20(28)29-7-3/h12,14H,5-11,13H2,1-4H3. The number of rotatable bonds is 8. The number of carbonyl (C=O) groups is 3. The van der Waals surface area contributed by atoms with Crippen LogP contribution in [0.25, 0.3) is 9.53 Å². The molecule has 2 aromatic rings. The number of fused-ring (bicyclic) bond motifs is 1. The van der Waals surface area contributed by atoms with Crippen LogP contribution in [0.5, 0.6) is 0 Å². The molecule has 0 bridgehead atoms. The third kappa shape index (κ3) is 5.35. The van der Waals surface area contributed by atoms with E-state index in [2.05, 4.69) is 23.7 Å². The number of carbonyl (C=O) groups excluding carboxylic acids is 3. The van der Waals surface area contributed by atoms with Gasteiger partial charge < -0.3 is 19.4 Å². The first kappa shape index (κ1) is 23.5. The summed E-state index contributed by atoms with van der Waals surface area (Å²) < 4.78 is 6.07. The fourth-order valence-corrected chi connectivity index (χ4v) is 5.98. The van der Waals surface area contributed by atoms with Crippen LogP contribution in [-0.4, -0.2) is 78.9 Å². The normalized spacial score (nSPS) is 14.6. The Labute approximate surface area is 190 Å². The van der Waals surface area contributed by atoms with Crippen LogP contribution in [0.3, 0.4) is 0 Å². The molecule has 1 fully saturated rings. The van der Waals surface area contributed by atoms with Crippen LogP contribution >= 0.6 is 22.7 Å². The molecule has 0 spiro atoms. The van der Waals surface area contributed by atoms with Crippen molar-refractivity contribution in [1.82, 2.24) is 14.8 Å². The lowest BCUT2D eigenvalue weighted by Crippen LogP contribution is -2.45. The predicted octanol–water partition coefficient (Wildman–Crippen LogP) is 3.08. The number of thiazole rings is 1. The molecule has 3 heterocycles. The van der Waals surface area contributed by atoms with Crippen molar-refractivity contribution < 1.29 is 19.1 Å². The Bertz CT molecular complexity index is 898.